The van der Waals surface area contributed by atoms with Crippen LogP contribution in [-0.2, 0) is 4.74 Å². The van der Waals surface area contributed by atoms with Gasteiger partial charge in [-0.1, -0.05) is 6.92 Å². The fraction of sp³-hybridized carbons (Fsp3) is 1.00. The number of hydrogen-bond acceptors (Lipinski definition) is 3. The van der Waals surface area contributed by atoms with E-state index in [-0.39, 0.29) is 0 Å². The summed E-state index contributed by atoms with van der Waals surface area (Å²) in [7, 11) is 0. The van der Waals surface area contributed by atoms with E-state index in [4.69, 9.17) is 10.5 Å². The molecule has 0 aromatic carbocycles. The van der Waals surface area contributed by atoms with Gasteiger partial charge in [0.15, 0.2) is 0 Å². The van der Waals surface area contributed by atoms with Gasteiger partial charge in [0.05, 0.1) is 6.10 Å². The zero-order valence-corrected chi connectivity index (χ0v) is 9.04. The summed E-state index contributed by atoms with van der Waals surface area (Å²) in [6.07, 6.45) is 4.13. The predicted octanol–water partition coefficient (Wildman–Crippen LogP) is 0.738. The van der Waals surface area contributed by atoms with Gasteiger partial charge in [0, 0.05) is 19.2 Å². The van der Waals surface area contributed by atoms with E-state index in [1.54, 1.807) is 0 Å². The van der Waals surface area contributed by atoms with Crippen molar-refractivity contribution in [2.75, 3.05) is 19.7 Å². The third-order valence-corrected chi connectivity index (χ3v) is 3.59. The molecule has 0 radical (unpaired) electrons. The average molecular weight is 198 g/mol. The van der Waals surface area contributed by atoms with Crippen molar-refractivity contribution in [3.63, 3.8) is 0 Å². The van der Waals surface area contributed by atoms with Crippen molar-refractivity contribution in [1.29, 1.82) is 0 Å². The van der Waals surface area contributed by atoms with Crippen molar-refractivity contribution in [2.45, 2.75) is 38.3 Å². The Morgan fingerprint density at radius 2 is 2.36 bits per heavy atom. The maximum Gasteiger partial charge on any atom is 0.0741 e. The summed E-state index contributed by atoms with van der Waals surface area (Å²) in [5.74, 6) is 1.82. The highest BCUT2D eigenvalue weighted by Gasteiger charge is 2.33. The van der Waals surface area contributed by atoms with Crippen molar-refractivity contribution in [2.24, 2.45) is 17.6 Å². The maximum absolute atomic E-state index is 5.75. The molecule has 2 aliphatic rings. The first-order valence-electron chi connectivity index (χ1n) is 5.86. The summed E-state index contributed by atoms with van der Waals surface area (Å²) in [5, 5.41) is 3.55. The largest absolute Gasteiger partial charge is 0.377 e. The van der Waals surface area contributed by atoms with Crippen LogP contribution in [0.5, 0.6) is 0 Å². The molecule has 4 atom stereocenters. The van der Waals surface area contributed by atoms with Crippen LogP contribution in [0, 0.1) is 11.8 Å². The molecule has 1 aliphatic heterocycles. The third kappa shape index (κ3) is 2.47. The van der Waals surface area contributed by atoms with E-state index in [0.29, 0.717) is 18.7 Å². The highest BCUT2D eigenvalue weighted by molar-refractivity contribution is 4.88. The lowest BCUT2D eigenvalue weighted by molar-refractivity contribution is 0.0803. The molecule has 1 heterocycles. The molecule has 1 aliphatic carbocycles. The van der Waals surface area contributed by atoms with Crippen molar-refractivity contribution >= 4 is 0 Å². The SMILES string of the molecule is CC1CC1CNC(CN)C1CCCO1. The quantitative estimate of drug-likeness (QED) is 0.685. The highest BCUT2D eigenvalue weighted by atomic mass is 16.5. The van der Waals surface area contributed by atoms with Gasteiger partial charge < -0.3 is 15.8 Å². The summed E-state index contributed by atoms with van der Waals surface area (Å²) in [6, 6.07) is 0.380. The van der Waals surface area contributed by atoms with E-state index in [1.165, 1.54) is 19.3 Å². The van der Waals surface area contributed by atoms with Crippen LogP contribution >= 0.6 is 0 Å². The molecule has 3 heteroatoms. The average Bonchev–Trinajstić information content (AvgIpc) is 2.70. The molecule has 0 aromatic rings. The van der Waals surface area contributed by atoms with E-state index in [9.17, 15) is 0 Å². The van der Waals surface area contributed by atoms with Crippen LogP contribution in [-0.4, -0.2) is 31.8 Å². The molecule has 1 saturated carbocycles. The second-order valence-electron chi connectivity index (χ2n) is 4.77. The van der Waals surface area contributed by atoms with Gasteiger partial charge in [0.1, 0.15) is 0 Å². The van der Waals surface area contributed by atoms with E-state index in [2.05, 4.69) is 12.2 Å². The lowest BCUT2D eigenvalue weighted by atomic mass is 10.1. The Balaban J connectivity index is 1.69. The van der Waals surface area contributed by atoms with E-state index in [0.717, 1.165) is 25.0 Å². The van der Waals surface area contributed by atoms with Gasteiger partial charge >= 0.3 is 0 Å². The molecule has 3 nitrogen and oxygen atoms in total. The molecular weight excluding hydrogens is 176 g/mol. The molecule has 4 unspecified atom stereocenters. The molecule has 82 valence electrons. The number of ether oxygens (including phenoxy) is 1. The molecule has 1 saturated heterocycles. The van der Waals surface area contributed by atoms with Crippen LogP contribution in [0.3, 0.4) is 0 Å². The summed E-state index contributed by atoms with van der Waals surface area (Å²) < 4.78 is 5.64. The predicted molar refractivity (Wildman–Crippen MR) is 57.1 cm³/mol. The van der Waals surface area contributed by atoms with Crippen LogP contribution in [0.2, 0.25) is 0 Å². The highest BCUT2D eigenvalue weighted by Crippen LogP contribution is 2.36. The number of hydrogen-bond donors (Lipinski definition) is 2. The zero-order valence-electron chi connectivity index (χ0n) is 9.04. The van der Waals surface area contributed by atoms with Crippen LogP contribution < -0.4 is 11.1 Å². The lowest BCUT2D eigenvalue weighted by Crippen LogP contribution is -2.45. The standard InChI is InChI=1S/C11H22N2O/c1-8-5-9(8)7-13-10(6-12)11-3-2-4-14-11/h8-11,13H,2-7,12H2,1H3. The van der Waals surface area contributed by atoms with Crippen molar-refractivity contribution in [3.05, 3.63) is 0 Å². The summed E-state index contributed by atoms with van der Waals surface area (Å²) in [4.78, 5) is 0. The van der Waals surface area contributed by atoms with Crippen molar-refractivity contribution in [1.82, 2.24) is 5.32 Å². The molecule has 2 fully saturated rings. The van der Waals surface area contributed by atoms with Crippen LogP contribution in [0.4, 0.5) is 0 Å². The zero-order chi connectivity index (χ0) is 9.97. The Kier molecular flexibility index (Phi) is 3.42. The molecule has 3 N–H and O–H groups in total. The molecule has 0 aromatic heterocycles. The van der Waals surface area contributed by atoms with Crippen molar-refractivity contribution in [3.8, 4) is 0 Å². The maximum atomic E-state index is 5.75. The Morgan fingerprint density at radius 1 is 1.57 bits per heavy atom. The summed E-state index contributed by atoms with van der Waals surface area (Å²) >= 11 is 0. The third-order valence-electron chi connectivity index (χ3n) is 3.59. The van der Waals surface area contributed by atoms with Crippen molar-refractivity contribution < 1.29 is 4.74 Å². The fourth-order valence-corrected chi connectivity index (χ4v) is 2.27. The molecule has 0 amide bonds. The first-order valence-corrected chi connectivity index (χ1v) is 5.86. The lowest BCUT2D eigenvalue weighted by Gasteiger charge is -2.22. The number of nitrogens with one attached hydrogen (secondary N) is 1. The Bertz CT molecular complexity index is 180. The normalized spacial score (nSPS) is 38.6. The Hall–Kier alpha value is -0.120. The van der Waals surface area contributed by atoms with Gasteiger partial charge in [-0.05, 0) is 37.6 Å². The minimum absolute atomic E-state index is 0.369. The van der Waals surface area contributed by atoms with Gasteiger partial charge in [-0.3, -0.25) is 0 Å². The van der Waals surface area contributed by atoms with Gasteiger partial charge in [0.25, 0.3) is 0 Å². The summed E-state index contributed by atoms with van der Waals surface area (Å²) in [6.45, 7) is 5.06. The molecular formula is C11H22N2O. The van der Waals surface area contributed by atoms with Crippen LogP contribution in [0.1, 0.15) is 26.2 Å². The van der Waals surface area contributed by atoms with Crippen LogP contribution in [0.15, 0.2) is 0 Å². The first kappa shape index (κ1) is 10.4. The minimum atomic E-state index is 0.369. The molecule has 2 rings (SSSR count). The summed E-state index contributed by atoms with van der Waals surface area (Å²) in [5.41, 5.74) is 5.75. The van der Waals surface area contributed by atoms with Gasteiger partial charge in [-0.15, -0.1) is 0 Å². The Morgan fingerprint density at radius 3 is 2.86 bits per heavy atom. The molecule has 0 bridgehead atoms. The number of nitrogens with two attached hydrogens (primary N) is 1. The van der Waals surface area contributed by atoms with E-state index >= 15 is 0 Å². The van der Waals surface area contributed by atoms with Gasteiger partial charge in [-0.2, -0.15) is 0 Å². The number of rotatable bonds is 5. The second-order valence-corrected chi connectivity index (χ2v) is 4.77. The monoisotopic (exact) mass is 198 g/mol. The van der Waals surface area contributed by atoms with Gasteiger partial charge in [-0.25, -0.2) is 0 Å². The molecule has 0 spiro atoms. The first-order chi connectivity index (χ1) is 6.81. The topological polar surface area (TPSA) is 47.3 Å². The molecule has 14 heavy (non-hydrogen) atoms. The van der Waals surface area contributed by atoms with E-state index in [1.807, 2.05) is 0 Å². The smallest absolute Gasteiger partial charge is 0.0741 e. The second kappa shape index (κ2) is 4.60. The minimum Gasteiger partial charge on any atom is -0.377 e. The fourth-order valence-electron chi connectivity index (χ4n) is 2.27. The van der Waals surface area contributed by atoms with E-state index < -0.39 is 0 Å². The van der Waals surface area contributed by atoms with Crippen LogP contribution in [0.25, 0.3) is 0 Å². The van der Waals surface area contributed by atoms with Gasteiger partial charge in [0.2, 0.25) is 0 Å². The Labute approximate surface area is 86.4 Å².